The Labute approximate surface area is 84.6 Å². The number of hydrogen-bond acceptors (Lipinski definition) is 2. The molecule has 0 radical (unpaired) electrons. The van der Waals surface area contributed by atoms with Gasteiger partial charge in [-0.3, -0.25) is 4.99 Å². The van der Waals surface area contributed by atoms with Crippen molar-refractivity contribution in [3.8, 4) is 0 Å². The first-order valence-corrected chi connectivity index (χ1v) is 4.79. The molecule has 1 saturated heterocycles. The van der Waals surface area contributed by atoms with E-state index in [4.69, 9.17) is 0 Å². The van der Waals surface area contributed by atoms with Gasteiger partial charge in [-0.2, -0.15) is 0 Å². The molecule has 0 aliphatic carbocycles. The molecule has 3 heteroatoms. The molecule has 78 valence electrons. The first-order chi connectivity index (χ1) is 6.56. The van der Waals surface area contributed by atoms with Gasteiger partial charge in [-0.15, -0.1) is 6.58 Å². The van der Waals surface area contributed by atoms with Crippen LogP contribution in [0.1, 0.15) is 26.7 Å². The normalized spacial score (nSPS) is 28.6. The summed E-state index contributed by atoms with van der Waals surface area (Å²) in [7, 11) is 0. The molecule has 1 heterocycles. The van der Waals surface area contributed by atoms with Crippen molar-refractivity contribution in [3.05, 3.63) is 24.6 Å². The Morgan fingerprint density at radius 1 is 1.71 bits per heavy atom. The van der Waals surface area contributed by atoms with E-state index in [1.807, 2.05) is 13.8 Å². The summed E-state index contributed by atoms with van der Waals surface area (Å²) in [5.74, 6) is 0. The Morgan fingerprint density at radius 2 is 2.43 bits per heavy atom. The third kappa shape index (κ3) is 2.98. The van der Waals surface area contributed by atoms with E-state index >= 15 is 0 Å². The predicted molar refractivity (Wildman–Crippen MR) is 58.1 cm³/mol. The molecule has 1 N–H and O–H groups in total. The number of aliphatic imine (C=N–C) groups is 1. The van der Waals surface area contributed by atoms with E-state index in [2.05, 4.69) is 16.9 Å². The highest BCUT2D eigenvalue weighted by atomic mass is 19.1. The molecule has 1 fully saturated rings. The summed E-state index contributed by atoms with van der Waals surface area (Å²) < 4.78 is 13.9. The summed E-state index contributed by atoms with van der Waals surface area (Å²) in [5.41, 5.74) is 0.681. The maximum Gasteiger partial charge on any atom is 0.137 e. The summed E-state index contributed by atoms with van der Waals surface area (Å²) in [4.78, 5) is 4.13. The monoisotopic (exact) mass is 196 g/mol. The van der Waals surface area contributed by atoms with Crippen molar-refractivity contribution in [1.29, 1.82) is 0 Å². The average molecular weight is 196 g/mol. The van der Waals surface area contributed by atoms with Crippen molar-refractivity contribution in [2.24, 2.45) is 4.99 Å². The summed E-state index contributed by atoms with van der Waals surface area (Å²) in [5, 5.41) is 3.02. The first-order valence-electron chi connectivity index (χ1n) is 4.79. The Kier molecular flexibility index (Phi) is 3.44. The van der Waals surface area contributed by atoms with Gasteiger partial charge in [0.1, 0.15) is 5.67 Å². The van der Waals surface area contributed by atoms with E-state index in [0.717, 1.165) is 11.4 Å². The number of allylic oxidation sites excluding steroid dienone is 2. The zero-order chi connectivity index (χ0) is 10.6. The van der Waals surface area contributed by atoms with Gasteiger partial charge in [0.25, 0.3) is 0 Å². The highest BCUT2D eigenvalue weighted by Gasteiger charge is 2.34. The van der Waals surface area contributed by atoms with Crippen LogP contribution in [0.2, 0.25) is 0 Å². The Bertz CT molecular complexity index is 277. The molecule has 2 nitrogen and oxygen atoms in total. The van der Waals surface area contributed by atoms with E-state index in [9.17, 15) is 4.39 Å². The summed E-state index contributed by atoms with van der Waals surface area (Å²) in [6.07, 6.45) is 4.14. The third-order valence-corrected chi connectivity index (χ3v) is 2.13. The van der Waals surface area contributed by atoms with Crippen molar-refractivity contribution in [3.63, 3.8) is 0 Å². The summed E-state index contributed by atoms with van der Waals surface area (Å²) in [6, 6.07) is 0. The van der Waals surface area contributed by atoms with E-state index < -0.39 is 5.67 Å². The van der Waals surface area contributed by atoms with Crippen LogP contribution in [-0.4, -0.2) is 17.9 Å². The lowest BCUT2D eigenvalue weighted by Gasteiger charge is -2.13. The van der Waals surface area contributed by atoms with Gasteiger partial charge in [-0.05, 0) is 13.8 Å². The van der Waals surface area contributed by atoms with Gasteiger partial charge < -0.3 is 5.32 Å². The molecular weight excluding hydrogens is 179 g/mol. The van der Waals surface area contributed by atoms with Gasteiger partial charge in [0.05, 0.1) is 0 Å². The number of halogens is 1. The van der Waals surface area contributed by atoms with Crippen LogP contribution in [-0.2, 0) is 0 Å². The lowest BCUT2D eigenvalue weighted by atomic mass is 10.0. The fourth-order valence-electron chi connectivity index (χ4n) is 1.44. The first kappa shape index (κ1) is 11.0. The molecule has 0 spiro atoms. The molecule has 0 bridgehead atoms. The highest BCUT2D eigenvalue weighted by molar-refractivity contribution is 5.79. The molecule has 0 aromatic rings. The summed E-state index contributed by atoms with van der Waals surface area (Å²) in [6.45, 7) is 7.75. The van der Waals surface area contributed by atoms with E-state index in [1.165, 1.54) is 0 Å². The van der Waals surface area contributed by atoms with Crippen molar-refractivity contribution in [1.82, 2.24) is 5.32 Å². The molecule has 0 aromatic carbocycles. The minimum atomic E-state index is -1.16. The molecule has 0 aromatic heterocycles. The minimum absolute atomic E-state index is 0.364. The van der Waals surface area contributed by atoms with Crippen molar-refractivity contribution in [2.75, 3.05) is 6.54 Å². The zero-order valence-electron chi connectivity index (χ0n) is 8.81. The summed E-state index contributed by atoms with van der Waals surface area (Å²) >= 11 is 0. The second-order valence-corrected chi connectivity index (χ2v) is 3.90. The Morgan fingerprint density at radius 3 is 3.00 bits per heavy atom. The molecule has 1 aliphatic heterocycles. The Hall–Kier alpha value is -1.12. The molecule has 1 aliphatic rings. The smallest absolute Gasteiger partial charge is 0.137 e. The maximum absolute atomic E-state index is 13.9. The molecular formula is C11H17FN2. The number of nitrogens with zero attached hydrogens (tertiary/aromatic N) is 1. The number of rotatable bonds is 3. The molecule has 1 rings (SSSR count). The van der Waals surface area contributed by atoms with Crippen LogP contribution in [0.4, 0.5) is 4.39 Å². The van der Waals surface area contributed by atoms with Crippen LogP contribution in [0, 0.1) is 0 Å². The fourth-order valence-corrected chi connectivity index (χ4v) is 1.44. The van der Waals surface area contributed by atoms with Gasteiger partial charge in [0.15, 0.2) is 0 Å². The van der Waals surface area contributed by atoms with Crippen LogP contribution in [0.15, 0.2) is 29.5 Å². The standard InChI is InChI=1S/C11H17FN2/c1-4-5-11(12)6-10(14-8-11)7-13-9(2)3/h4,7,14H,1,5-6,8H2,2-3H3/b10-7+. The van der Waals surface area contributed by atoms with Crippen molar-refractivity contribution in [2.45, 2.75) is 32.4 Å². The topological polar surface area (TPSA) is 24.4 Å². The van der Waals surface area contributed by atoms with Gasteiger partial charge >= 0.3 is 0 Å². The fraction of sp³-hybridized carbons (Fsp3) is 0.545. The van der Waals surface area contributed by atoms with E-state index in [-0.39, 0.29) is 0 Å². The SMILES string of the molecule is C=CCC1(F)CN/C(=C/N=C(C)C)C1. The lowest BCUT2D eigenvalue weighted by Crippen LogP contribution is -2.24. The second-order valence-electron chi connectivity index (χ2n) is 3.90. The van der Waals surface area contributed by atoms with Gasteiger partial charge in [0.2, 0.25) is 0 Å². The van der Waals surface area contributed by atoms with Crippen molar-refractivity contribution >= 4 is 5.71 Å². The third-order valence-electron chi connectivity index (χ3n) is 2.13. The largest absolute Gasteiger partial charge is 0.384 e. The quantitative estimate of drug-likeness (QED) is 0.544. The van der Waals surface area contributed by atoms with Gasteiger partial charge in [-0.1, -0.05) is 6.08 Å². The van der Waals surface area contributed by atoms with Crippen molar-refractivity contribution < 1.29 is 4.39 Å². The zero-order valence-corrected chi connectivity index (χ0v) is 8.81. The van der Waals surface area contributed by atoms with Crippen LogP contribution in [0.25, 0.3) is 0 Å². The molecule has 14 heavy (non-hydrogen) atoms. The molecule has 1 unspecified atom stereocenters. The van der Waals surface area contributed by atoms with Crippen LogP contribution in [0.5, 0.6) is 0 Å². The number of hydrogen-bond donors (Lipinski definition) is 1. The maximum atomic E-state index is 13.9. The van der Waals surface area contributed by atoms with Crippen LogP contribution >= 0.6 is 0 Å². The lowest BCUT2D eigenvalue weighted by molar-refractivity contribution is 0.197. The number of nitrogens with one attached hydrogen (secondary N) is 1. The molecule has 0 saturated carbocycles. The second kappa shape index (κ2) is 4.40. The van der Waals surface area contributed by atoms with Crippen LogP contribution < -0.4 is 5.32 Å². The minimum Gasteiger partial charge on any atom is -0.384 e. The highest BCUT2D eigenvalue weighted by Crippen LogP contribution is 2.29. The van der Waals surface area contributed by atoms with Gasteiger partial charge in [0, 0.05) is 37.0 Å². The average Bonchev–Trinajstić information content (AvgIpc) is 2.45. The van der Waals surface area contributed by atoms with Gasteiger partial charge in [-0.25, -0.2) is 4.39 Å². The number of alkyl halides is 1. The van der Waals surface area contributed by atoms with Crippen LogP contribution in [0.3, 0.4) is 0 Å². The van der Waals surface area contributed by atoms with E-state index in [0.29, 0.717) is 19.4 Å². The van der Waals surface area contributed by atoms with E-state index in [1.54, 1.807) is 12.3 Å². The predicted octanol–water partition coefficient (Wildman–Crippen LogP) is 2.59. The molecule has 0 amide bonds. The Balaban J connectivity index is 2.60. The molecule has 1 atom stereocenters.